The van der Waals surface area contributed by atoms with E-state index in [1.165, 1.54) is 6.07 Å². The molecule has 0 spiro atoms. The summed E-state index contributed by atoms with van der Waals surface area (Å²) in [4.78, 5) is 6.47. The number of benzene rings is 2. The van der Waals surface area contributed by atoms with Crippen molar-refractivity contribution in [3.05, 3.63) is 54.1 Å². The maximum Gasteiger partial charge on any atom is 0.416 e. The molecular formula is C19H18F3N4. The standard InChI is InChI=1S/C19H18F3N4/c20-19(21,22)13-5-7-14(8-6-13)25-11-9-15(10-12-25)26-17-4-2-1-3-16(17)24-18(26)23/h1-7,15H,9-12H2,(H2,23,24). The Bertz CT molecular complexity index is 907. The molecule has 1 aromatic heterocycles. The fraction of sp³-hybridized carbons (Fsp3) is 0.316. The Morgan fingerprint density at radius 1 is 1.08 bits per heavy atom. The Morgan fingerprint density at radius 3 is 2.46 bits per heavy atom. The molecule has 4 rings (SSSR count). The van der Waals surface area contributed by atoms with E-state index in [1.54, 1.807) is 0 Å². The zero-order chi connectivity index (χ0) is 18.3. The third-order valence-corrected chi connectivity index (χ3v) is 4.92. The molecule has 1 fully saturated rings. The summed E-state index contributed by atoms with van der Waals surface area (Å²) in [5.41, 5.74) is 8.03. The number of para-hydroxylation sites is 2. The summed E-state index contributed by atoms with van der Waals surface area (Å²) in [5, 5.41) is 0. The molecule has 1 saturated heterocycles. The highest BCUT2D eigenvalue weighted by Crippen LogP contribution is 2.33. The molecule has 135 valence electrons. The number of aromatic nitrogens is 2. The number of anilines is 2. The van der Waals surface area contributed by atoms with E-state index in [-0.39, 0.29) is 6.04 Å². The number of alkyl halides is 3. The van der Waals surface area contributed by atoms with Crippen LogP contribution in [-0.4, -0.2) is 22.6 Å². The monoisotopic (exact) mass is 359 g/mol. The topological polar surface area (TPSA) is 47.1 Å². The van der Waals surface area contributed by atoms with Crippen LogP contribution in [0.1, 0.15) is 24.4 Å². The van der Waals surface area contributed by atoms with E-state index in [2.05, 4.69) is 20.5 Å². The first-order valence-corrected chi connectivity index (χ1v) is 8.50. The van der Waals surface area contributed by atoms with E-state index < -0.39 is 11.7 Å². The van der Waals surface area contributed by atoms with E-state index in [0.29, 0.717) is 11.6 Å². The number of imidazole rings is 1. The molecule has 2 heterocycles. The first-order chi connectivity index (χ1) is 12.4. The molecule has 2 aromatic carbocycles. The molecular weight excluding hydrogens is 341 g/mol. The molecule has 4 nitrogen and oxygen atoms in total. The van der Waals surface area contributed by atoms with Crippen molar-refractivity contribution < 1.29 is 13.2 Å². The molecule has 0 bridgehead atoms. The van der Waals surface area contributed by atoms with Crippen LogP contribution in [0.4, 0.5) is 24.8 Å². The van der Waals surface area contributed by atoms with E-state index >= 15 is 0 Å². The lowest BCUT2D eigenvalue weighted by molar-refractivity contribution is -0.137. The van der Waals surface area contributed by atoms with Crippen LogP contribution in [0.25, 0.3) is 11.0 Å². The number of halogens is 3. The van der Waals surface area contributed by atoms with Gasteiger partial charge in [0, 0.05) is 30.9 Å². The normalized spacial score (nSPS) is 16.3. The fourth-order valence-electron chi connectivity index (χ4n) is 3.60. The number of nitrogens with zero attached hydrogens (tertiary/aromatic N) is 3. The van der Waals surface area contributed by atoms with E-state index in [0.717, 1.165) is 49.1 Å². The number of rotatable bonds is 2. The van der Waals surface area contributed by atoms with Gasteiger partial charge < -0.3 is 15.2 Å². The van der Waals surface area contributed by atoms with Crippen LogP contribution in [0.5, 0.6) is 0 Å². The van der Waals surface area contributed by atoms with E-state index in [1.807, 2.05) is 24.3 Å². The SMILES string of the molecule is Nc1nc2ccccc2n1C1CCN(c2[c]cc(C(F)(F)F)cc2)CC1. The third-order valence-electron chi connectivity index (χ3n) is 4.92. The van der Waals surface area contributed by atoms with Gasteiger partial charge in [-0.05, 0) is 43.2 Å². The summed E-state index contributed by atoms with van der Waals surface area (Å²) in [6.45, 7) is 1.47. The Hall–Kier alpha value is -2.70. The van der Waals surface area contributed by atoms with Crippen LogP contribution in [0, 0.1) is 6.07 Å². The average molecular weight is 359 g/mol. The third kappa shape index (κ3) is 2.98. The van der Waals surface area contributed by atoms with Gasteiger partial charge in [0.05, 0.1) is 16.6 Å². The highest BCUT2D eigenvalue weighted by atomic mass is 19.4. The number of nitrogen functional groups attached to an aromatic ring is 1. The lowest BCUT2D eigenvalue weighted by Gasteiger charge is -2.34. The minimum atomic E-state index is -4.33. The molecule has 1 aliphatic rings. The minimum absolute atomic E-state index is 0.230. The molecule has 3 aromatic rings. The number of piperidine rings is 1. The summed E-state index contributed by atoms with van der Waals surface area (Å²) in [6.07, 6.45) is -2.64. The van der Waals surface area contributed by atoms with Crippen LogP contribution < -0.4 is 10.6 Å². The molecule has 0 unspecified atom stereocenters. The van der Waals surface area contributed by atoms with Gasteiger partial charge in [0.25, 0.3) is 0 Å². The minimum Gasteiger partial charge on any atom is -0.371 e. The van der Waals surface area contributed by atoms with Gasteiger partial charge in [-0.15, -0.1) is 0 Å². The second-order valence-electron chi connectivity index (χ2n) is 6.51. The number of nitrogens with two attached hydrogens (primary N) is 1. The lowest BCUT2D eigenvalue weighted by atomic mass is 10.0. The summed E-state index contributed by atoms with van der Waals surface area (Å²) in [5.74, 6) is 0.505. The molecule has 0 amide bonds. The second-order valence-corrected chi connectivity index (χ2v) is 6.51. The Balaban J connectivity index is 1.49. The number of hydrogen-bond acceptors (Lipinski definition) is 3. The van der Waals surface area contributed by atoms with Crippen molar-refractivity contribution in [2.45, 2.75) is 25.1 Å². The van der Waals surface area contributed by atoms with Crippen molar-refractivity contribution in [3.63, 3.8) is 0 Å². The molecule has 0 atom stereocenters. The van der Waals surface area contributed by atoms with Gasteiger partial charge in [-0.2, -0.15) is 13.2 Å². The van der Waals surface area contributed by atoms with Gasteiger partial charge in [-0.1, -0.05) is 12.1 Å². The summed E-state index contributed by atoms with van der Waals surface area (Å²) >= 11 is 0. The smallest absolute Gasteiger partial charge is 0.371 e. The first-order valence-electron chi connectivity index (χ1n) is 8.50. The molecule has 1 radical (unpaired) electrons. The van der Waals surface area contributed by atoms with Crippen molar-refractivity contribution in [2.75, 3.05) is 23.7 Å². The van der Waals surface area contributed by atoms with E-state index in [4.69, 9.17) is 5.73 Å². The summed E-state index contributed by atoms with van der Waals surface area (Å²) < 4.78 is 40.1. The van der Waals surface area contributed by atoms with Crippen molar-refractivity contribution in [2.24, 2.45) is 0 Å². The number of hydrogen-bond donors (Lipinski definition) is 1. The highest BCUT2D eigenvalue weighted by molar-refractivity contribution is 5.78. The van der Waals surface area contributed by atoms with Crippen LogP contribution in [-0.2, 0) is 6.18 Å². The Morgan fingerprint density at radius 2 is 1.81 bits per heavy atom. The van der Waals surface area contributed by atoms with Gasteiger partial charge in [0.1, 0.15) is 0 Å². The lowest BCUT2D eigenvalue weighted by Crippen LogP contribution is -2.35. The van der Waals surface area contributed by atoms with Crippen molar-refractivity contribution in [3.8, 4) is 0 Å². The van der Waals surface area contributed by atoms with Crippen LogP contribution >= 0.6 is 0 Å². The Labute approximate surface area is 149 Å². The maximum absolute atomic E-state index is 12.7. The zero-order valence-electron chi connectivity index (χ0n) is 14.0. The first kappa shape index (κ1) is 16.8. The maximum atomic E-state index is 12.7. The van der Waals surface area contributed by atoms with Gasteiger partial charge in [0.15, 0.2) is 0 Å². The molecule has 1 aliphatic heterocycles. The average Bonchev–Trinajstić information content (AvgIpc) is 2.97. The van der Waals surface area contributed by atoms with Crippen molar-refractivity contribution in [1.82, 2.24) is 9.55 Å². The quantitative estimate of drug-likeness (QED) is 0.743. The molecule has 0 saturated carbocycles. The number of fused-ring (bicyclic) bond motifs is 1. The largest absolute Gasteiger partial charge is 0.416 e. The van der Waals surface area contributed by atoms with E-state index in [9.17, 15) is 13.2 Å². The molecule has 2 N–H and O–H groups in total. The predicted molar refractivity (Wildman–Crippen MR) is 94.9 cm³/mol. The van der Waals surface area contributed by atoms with Gasteiger partial charge in [-0.25, -0.2) is 4.98 Å². The van der Waals surface area contributed by atoms with Gasteiger partial charge in [0.2, 0.25) is 5.95 Å². The Kier molecular flexibility index (Phi) is 4.01. The van der Waals surface area contributed by atoms with Crippen LogP contribution in [0.15, 0.2) is 42.5 Å². The van der Waals surface area contributed by atoms with Crippen molar-refractivity contribution in [1.29, 1.82) is 0 Å². The fourth-order valence-corrected chi connectivity index (χ4v) is 3.60. The van der Waals surface area contributed by atoms with Gasteiger partial charge in [-0.3, -0.25) is 0 Å². The summed E-state index contributed by atoms with van der Waals surface area (Å²) in [6, 6.07) is 14.5. The van der Waals surface area contributed by atoms with Crippen LogP contribution in [0.2, 0.25) is 0 Å². The van der Waals surface area contributed by atoms with Crippen molar-refractivity contribution >= 4 is 22.7 Å². The predicted octanol–water partition coefficient (Wildman–Crippen LogP) is 4.28. The second kappa shape index (κ2) is 6.23. The zero-order valence-corrected chi connectivity index (χ0v) is 14.0. The molecule has 0 aliphatic carbocycles. The van der Waals surface area contributed by atoms with Gasteiger partial charge >= 0.3 is 6.18 Å². The molecule has 26 heavy (non-hydrogen) atoms. The summed E-state index contributed by atoms with van der Waals surface area (Å²) in [7, 11) is 0. The molecule has 7 heteroatoms. The highest BCUT2D eigenvalue weighted by Gasteiger charge is 2.30. The van der Waals surface area contributed by atoms with Crippen LogP contribution in [0.3, 0.4) is 0 Å².